The van der Waals surface area contributed by atoms with Gasteiger partial charge in [0.2, 0.25) is 12.1 Å². The third-order valence-corrected chi connectivity index (χ3v) is 1.91. The van der Waals surface area contributed by atoms with Crippen LogP contribution in [0.25, 0.3) is 0 Å². The Balaban J connectivity index is 2.52. The minimum atomic E-state index is -0.764. The highest BCUT2D eigenvalue weighted by molar-refractivity contribution is 4.71. The summed E-state index contributed by atoms with van der Waals surface area (Å²) in [4.78, 5) is 0. The van der Waals surface area contributed by atoms with Gasteiger partial charge >= 0.3 is 0 Å². The van der Waals surface area contributed by atoms with Gasteiger partial charge in [-0.1, -0.05) is 0 Å². The third-order valence-electron chi connectivity index (χ3n) is 1.91. The van der Waals surface area contributed by atoms with Crippen molar-refractivity contribution in [2.45, 2.75) is 32.8 Å². The first kappa shape index (κ1) is 10.9. The number of ether oxygens (including phenoxy) is 4. The average Bonchev–Trinajstić information content (AvgIpc) is 2.57. The Kier molecular flexibility index (Phi) is 4.12. The van der Waals surface area contributed by atoms with Crippen LogP contribution in [0.3, 0.4) is 0 Å². The second-order valence-corrected chi connectivity index (χ2v) is 2.96. The molecule has 0 aliphatic carbocycles. The maximum atomic E-state index is 5.48. The van der Waals surface area contributed by atoms with E-state index in [1.54, 1.807) is 0 Å². The zero-order valence-electron chi connectivity index (χ0n) is 8.54. The van der Waals surface area contributed by atoms with E-state index in [1.807, 2.05) is 20.8 Å². The van der Waals surface area contributed by atoms with Gasteiger partial charge in [0.1, 0.15) is 0 Å². The Morgan fingerprint density at radius 1 is 1.15 bits per heavy atom. The summed E-state index contributed by atoms with van der Waals surface area (Å²) in [5.74, 6) is -0.764. The van der Waals surface area contributed by atoms with Crippen LogP contribution in [0.1, 0.15) is 20.8 Å². The molecule has 1 aliphatic heterocycles. The topological polar surface area (TPSA) is 36.9 Å². The SMILES string of the molecule is CCOC(C)(OCC)C1OCCO1. The molecule has 0 radical (unpaired) electrons. The van der Waals surface area contributed by atoms with Gasteiger partial charge in [-0.3, -0.25) is 0 Å². The molecular formula is C9H18O4. The summed E-state index contributed by atoms with van der Waals surface area (Å²) >= 11 is 0. The molecule has 0 saturated carbocycles. The molecule has 1 aliphatic rings. The van der Waals surface area contributed by atoms with E-state index in [2.05, 4.69) is 0 Å². The zero-order chi connectivity index (χ0) is 9.73. The monoisotopic (exact) mass is 190 g/mol. The van der Waals surface area contributed by atoms with Crippen LogP contribution in [-0.4, -0.2) is 38.5 Å². The fourth-order valence-electron chi connectivity index (χ4n) is 1.41. The molecule has 0 unspecified atom stereocenters. The lowest BCUT2D eigenvalue weighted by Gasteiger charge is -2.32. The molecule has 0 aromatic heterocycles. The molecule has 0 spiro atoms. The fourth-order valence-corrected chi connectivity index (χ4v) is 1.41. The predicted octanol–water partition coefficient (Wildman–Crippen LogP) is 1.15. The van der Waals surface area contributed by atoms with Gasteiger partial charge in [-0.05, 0) is 20.8 Å². The minimum absolute atomic E-state index is 0.396. The molecule has 1 rings (SSSR count). The molecule has 1 fully saturated rings. The van der Waals surface area contributed by atoms with Crippen LogP contribution in [0.2, 0.25) is 0 Å². The van der Waals surface area contributed by atoms with Gasteiger partial charge in [0.25, 0.3) is 0 Å². The van der Waals surface area contributed by atoms with Gasteiger partial charge in [0.05, 0.1) is 13.2 Å². The van der Waals surface area contributed by atoms with Crippen LogP contribution in [0.15, 0.2) is 0 Å². The highest BCUT2D eigenvalue weighted by Crippen LogP contribution is 2.24. The Bertz CT molecular complexity index is 137. The van der Waals surface area contributed by atoms with Gasteiger partial charge in [-0.15, -0.1) is 0 Å². The Morgan fingerprint density at radius 2 is 1.62 bits per heavy atom. The molecule has 13 heavy (non-hydrogen) atoms. The lowest BCUT2D eigenvalue weighted by Crippen LogP contribution is -2.45. The summed E-state index contributed by atoms with van der Waals surface area (Å²) in [7, 11) is 0. The predicted molar refractivity (Wildman–Crippen MR) is 47.3 cm³/mol. The molecule has 78 valence electrons. The first-order chi connectivity index (χ1) is 6.23. The standard InChI is InChI=1S/C9H18O4/c1-4-12-9(3,13-5-2)8-10-6-7-11-8/h8H,4-7H2,1-3H3. The second kappa shape index (κ2) is 4.91. The Hall–Kier alpha value is -0.160. The van der Waals surface area contributed by atoms with E-state index < -0.39 is 12.1 Å². The Morgan fingerprint density at radius 3 is 2.00 bits per heavy atom. The van der Waals surface area contributed by atoms with Crippen molar-refractivity contribution >= 4 is 0 Å². The van der Waals surface area contributed by atoms with Crippen molar-refractivity contribution < 1.29 is 18.9 Å². The van der Waals surface area contributed by atoms with Crippen LogP contribution in [0.4, 0.5) is 0 Å². The summed E-state index contributed by atoms with van der Waals surface area (Å²) in [6, 6.07) is 0. The number of rotatable bonds is 5. The largest absolute Gasteiger partial charge is 0.346 e. The first-order valence-electron chi connectivity index (χ1n) is 4.74. The van der Waals surface area contributed by atoms with Gasteiger partial charge in [-0.25, -0.2) is 0 Å². The molecule has 4 nitrogen and oxygen atoms in total. The van der Waals surface area contributed by atoms with Gasteiger partial charge in [-0.2, -0.15) is 0 Å². The van der Waals surface area contributed by atoms with Crippen molar-refractivity contribution in [3.63, 3.8) is 0 Å². The van der Waals surface area contributed by atoms with Crippen molar-refractivity contribution in [1.82, 2.24) is 0 Å². The highest BCUT2D eigenvalue weighted by atomic mass is 16.8. The highest BCUT2D eigenvalue weighted by Gasteiger charge is 2.40. The summed E-state index contributed by atoms with van der Waals surface area (Å²) in [6.07, 6.45) is -0.396. The van der Waals surface area contributed by atoms with Crippen molar-refractivity contribution in [1.29, 1.82) is 0 Å². The smallest absolute Gasteiger partial charge is 0.217 e. The molecule has 0 N–H and O–H groups in total. The summed E-state index contributed by atoms with van der Waals surface area (Å²) in [6.45, 7) is 8.08. The van der Waals surface area contributed by atoms with Crippen LogP contribution in [-0.2, 0) is 18.9 Å². The lowest BCUT2D eigenvalue weighted by atomic mass is 10.3. The molecule has 1 heterocycles. The minimum Gasteiger partial charge on any atom is -0.346 e. The van der Waals surface area contributed by atoms with Crippen molar-refractivity contribution in [3.8, 4) is 0 Å². The molecule has 0 amide bonds. The fraction of sp³-hybridized carbons (Fsp3) is 1.00. The van der Waals surface area contributed by atoms with E-state index in [0.29, 0.717) is 26.4 Å². The van der Waals surface area contributed by atoms with Gasteiger partial charge in [0.15, 0.2) is 0 Å². The number of hydrogen-bond donors (Lipinski definition) is 0. The molecule has 4 heteroatoms. The maximum absolute atomic E-state index is 5.48. The summed E-state index contributed by atoms with van der Waals surface area (Å²) in [5, 5.41) is 0. The third kappa shape index (κ3) is 2.64. The first-order valence-corrected chi connectivity index (χ1v) is 4.74. The van der Waals surface area contributed by atoms with E-state index in [4.69, 9.17) is 18.9 Å². The van der Waals surface area contributed by atoms with E-state index in [1.165, 1.54) is 0 Å². The normalized spacial score (nSPS) is 19.6. The quantitative estimate of drug-likeness (QED) is 0.609. The van der Waals surface area contributed by atoms with Crippen LogP contribution in [0.5, 0.6) is 0 Å². The number of hydrogen-bond acceptors (Lipinski definition) is 4. The average molecular weight is 190 g/mol. The molecule has 1 saturated heterocycles. The van der Waals surface area contributed by atoms with Gasteiger partial charge < -0.3 is 18.9 Å². The van der Waals surface area contributed by atoms with Gasteiger partial charge in [0, 0.05) is 13.2 Å². The van der Waals surface area contributed by atoms with Crippen molar-refractivity contribution in [2.24, 2.45) is 0 Å². The Labute approximate surface area is 79.1 Å². The lowest BCUT2D eigenvalue weighted by molar-refractivity contribution is -0.316. The van der Waals surface area contributed by atoms with Crippen molar-refractivity contribution in [3.05, 3.63) is 0 Å². The molecule has 0 bridgehead atoms. The van der Waals surface area contributed by atoms with Crippen LogP contribution in [0, 0.1) is 0 Å². The van der Waals surface area contributed by atoms with Crippen molar-refractivity contribution in [2.75, 3.05) is 26.4 Å². The molecule has 0 atom stereocenters. The summed E-state index contributed by atoms with van der Waals surface area (Å²) < 4.78 is 21.7. The second-order valence-electron chi connectivity index (χ2n) is 2.96. The zero-order valence-corrected chi connectivity index (χ0v) is 8.54. The maximum Gasteiger partial charge on any atom is 0.217 e. The molecular weight excluding hydrogens is 172 g/mol. The van der Waals surface area contributed by atoms with E-state index in [0.717, 1.165) is 0 Å². The molecule has 0 aromatic carbocycles. The van der Waals surface area contributed by atoms with E-state index in [9.17, 15) is 0 Å². The van der Waals surface area contributed by atoms with Crippen LogP contribution >= 0.6 is 0 Å². The van der Waals surface area contributed by atoms with Crippen LogP contribution < -0.4 is 0 Å². The van der Waals surface area contributed by atoms with E-state index >= 15 is 0 Å². The molecule has 0 aromatic rings. The van der Waals surface area contributed by atoms with E-state index in [-0.39, 0.29) is 0 Å². The summed E-state index contributed by atoms with van der Waals surface area (Å²) in [5.41, 5.74) is 0.